The molecule has 0 atom stereocenters. The summed E-state index contributed by atoms with van der Waals surface area (Å²) in [6.45, 7) is 3.05. The highest BCUT2D eigenvalue weighted by Crippen LogP contribution is 2.33. The van der Waals surface area contributed by atoms with Crippen LogP contribution in [0, 0.1) is 0 Å². The van der Waals surface area contributed by atoms with E-state index in [0.717, 1.165) is 22.6 Å². The molecule has 0 aliphatic carbocycles. The van der Waals surface area contributed by atoms with Crippen molar-refractivity contribution in [2.75, 3.05) is 45.4 Å². The van der Waals surface area contributed by atoms with Crippen molar-refractivity contribution in [1.82, 2.24) is 10.2 Å². The van der Waals surface area contributed by atoms with Crippen LogP contribution in [0.4, 0.5) is 10.7 Å². The van der Waals surface area contributed by atoms with E-state index in [-0.39, 0.29) is 12.5 Å². The average molecular weight is 405 g/mol. The zero-order chi connectivity index (χ0) is 20.8. The van der Waals surface area contributed by atoms with Gasteiger partial charge in [0.05, 0.1) is 17.0 Å². The summed E-state index contributed by atoms with van der Waals surface area (Å²) in [7, 11) is 7.50. The molecule has 0 radical (unpaired) electrons. The molecule has 28 heavy (non-hydrogen) atoms. The number of carbonyl (C=O) groups excluding carboxylic acids is 2. The highest BCUT2D eigenvalue weighted by atomic mass is 32.1. The summed E-state index contributed by atoms with van der Waals surface area (Å²) >= 11 is 1.11. The predicted molar refractivity (Wildman–Crippen MR) is 114 cm³/mol. The molecule has 3 N–H and O–H groups in total. The molecule has 0 aliphatic heterocycles. The van der Waals surface area contributed by atoms with Crippen LogP contribution in [0.25, 0.3) is 0 Å². The van der Waals surface area contributed by atoms with Crippen LogP contribution in [0.5, 0.6) is 0 Å². The number of esters is 1. The van der Waals surface area contributed by atoms with Gasteiger partial charge in [0.2, 0.25) is 0 Å². The number of nitrogens with zero attached hydrogens (tertiary/aromatic N) is 2. The maximum atomic E-state index is 12.4. The van der Waals surface area contributed by atoms with Gasteiger partial charge in [-0.2, -0.15) is 0 Å². The Morgan fingerprint density at radius 2 is 1.79 bits per heavy atom. The number of thiophene rings is 1. The molecule has 2 aromatic rings. The second-order valence-electron chi connectivity index (χ2n) is 6.68. The van der Waals surface area contributed by atoms with Gasteiger partial charge >= 0.3 is 5.97 Å². The lowest BCUT2D eigenvalue weighted by Crippen LogP contribution is -2.23. The first-order valence-corrected chi connectivity index (χ1v) is 9.85. The Morgan fingerprint density at radius 1 is 1.14 bits per heavy atom. The third-order valence-corrected chi connectivity index (χ3v) is 5.34. The molecule has 2 rings (SSSR count). The molecular weight excluding hydrogens is 376 g/mol. The van der Waals surface area contributed by atoms with E-state index in [1.165, 1.54) is 0 Å². The number of amides is 1. The Morgan fingerprint density at radius 3 is 2.32 bits per heavy atom. The number of nitrogens with two attached hydrogens (primary N) is 1. The van der Waals surface area contributed by atoms with Crippen molar-refractivity contribution < 1.29 is 14.3 Å². The number of hydrogen-bond donors (Lipinski definition) is 2. The fourth-order valence-electron chi connectivity index (χ4n) is 2.90. The third kappa shape index (κ3) is 5.02. The Balaban J connectivity index is 2.27. The summed E-state index contributed by atoms with van der Waals surface area (Å²) in [5.41, 5.74) is 9.21. The number of nitrogens with one attached hydrogen (secondary N) is 1. The summed E-state index contributed by atoms with van der Waals surface area (Å²) in [5, 5.41) is 2.92. The number of rotatable bonds is 8. The second kappa shape index (κ2) is 9.57. The van der Waals surface area contributed by atoms with E-state index < -0.39 is 5.97 Å². The Bertz CT molecular complexity index is 831. The summed E-state index contributed by atoms with van der Waals surface area (Å²) in [4.78, 5) is 29.2. The zero-order valence-electron chi connectivity index (χ0n) is 17.0. The molecule has 0 bridgehead atoms. The van der Waals surface area contributed by atoms with Gasteiger partial charge in [-0.1, -0.05) is 12.1 Å². The van der Waals surface area contributed by atoms with Crippen molar-refractivity contribution in [2.24, 2.45) is 0 Å². The Kier molecular flexibility index (Phi) is 7.42. The van der Waals surface area contributed by atoms with E-state index >= 15 is 0 Å². The number of benzene rings is 1. The van der Waals surface area contributed by atoms with Crippen LogP contribution >= 0.6 is 11.3 Å². The van der Waals surface area contributed by atoms with Gasteiger partial charge in [0, 0.05) is 45.5 Å². The van der Waals surface area contributed by atoms with Gasteiger partial charge in [-0.25, -0.2) is 4.79 Å². The molecule has 1 heterocycles. The van der Waals surface area contributed by atoms with E-state index in [4.69, 9.17) is 10.5 Å². The minimum atomic E-state index is -0.495. The standard InChI is InChI=1S/C20H28N4O3S/c1-6-27-20(26)16-15(17(19(25)22-2)28-18(16)21)12-24(5)11-13-7-9-14(10-8-13)23(3)4/h7-10H,6,11-12,21H2,1-5H3,(H,22,25). The summed E-state index contributed by atoms with van der Waals surface area (Å²) in [6, 6.07) is 8.26. The topological polar surface area (TPSA) is 87.9 Å². The Hall–Kier alpha value is -2.58. The van der Waals surface area contributed by atoms with Gasteiger partial charge in [-0.05, 0) is 31.7 Å². The lowest BCUT2D eigenvalue weighted by Gasteiger charge is -2.19. The molecule has 8 heteroatoms. The second-order valence-corrected chi connectivity index (χ2v) is 7.73. The average Bonchev–Trinajstić information content (AvgIpc) is 2.97. The lowest BCUT2D eigenvalue weighted by atomic mass is 10.1. The molecule has 0 aliphatic rings. The van der Waals surface area contributed by atoms with Gasteiger partial charge < -0.3 is 20.7 Å². The van der Waals surface area contributed by atoms with Crippen LogP contribution in [0.3, 0.4) is 0 Å². The molecule has 1 aromatic carbocycles. The third-order valence-electron chi connectivity index (χ3n) is 4.28. The smallest absolute Gasteiger partial charge is 0.341 e. The number of anilines is 2. The maximum absolute atomic E-state index is 12.4. The first-order chi connectivity index (χ1) is 13.3. The predicted octanol–water partition coefficient (Wildman–Crippen LogP) is 2.56. The van der Waals surface area contributed by atoms with Gasteiger partial charge in [-0.3, -0.25) is 9.69 Å². The normalized spacial score (nSPS) is 10.8. The number of nitrogen functional groups attached to an aromatic ring is 1. The minimum absolute atomic E-state index is 0.247. The largest absolute Gasteiger partial charge is 0.462 e. The van der Waals surface area contributed by atoms with Crippen molar-refractivity contribution in [1.29, 1.82) is 0 Å². The van der Waals surface area contributed by atoms with Crippen LogP contribution in [-0.4, -0.2) is 51.6 Å². The summed E-state index contributed by atoms with van der Waals surface area (Å²) < 4.78 is 5.14. The molecule has 1 amide bonds. The van der Waals surface area contributed by atoms with Gasteiger partial charge in [0.25, 0.3) is 5.91 Å². The first-order valence-electron chi connectivity index (χ1n) is 9.03. The number of carbonyl (C=O) groups is 2. The fourth-order valence-corrected chi connectivity index (χ4v) is 3.91. The molecule has 0 spiro atoms. The van der Waals surface area contributed by atoms with Crippen LogP contribution in [0.2, 0.25) is 0 Å². The molecule has 0 saturated heterocycles. The van der Waals surface area contributed by atoms with Gasteiger partial charge in [0.15, 0.2) is 0 Å². The summed E-state index contributed by atoms with van der Waals surface area (Å²) in [5.74, 6) is -0.754. The molecule has 0 saturated carbocycles. The van der Waals surface area contributed by atoms with E-state index in [1.807, 2.05) is 30.9 Å². The van der Waals surface area contributed by atoms with E-state index in [1.54, 1.807) is 14.0 Å². The summed E-state index contributed by atoms with van der Waals surface area (Å²) in [6.07, 6.45) is 0. The van der Waals surface area contributed by atoms with Gasteiger partial charge in [0.1, 0.15) is 5.00 Å². The maximum Gasteiger partial charge on any atom is 0.341 e. The number of hydrogen-bond acceptors (Lipinski definition) is 7. The van der Waals surface area contributed by atoms with E-state index in [0.29, 0.717) is 34.1 Å². The SMILES string of the molecule is CCOC(=O)c1c(N)sc(C(=O)NC)c1CN(C)Cc1ccc(N(C)C)cc1. The molecule has 7 nitrogen and oxygen atoms in total. The Labute approximate surface area is 170 Å². The van der Waals surface area contributed by atoms with E-state index in [9.17, 15) is 9.59 Å². The zero-order valence-corrected chi connectivity index (χ0v) is 17.9. The van der Waals surface area contributed by atoms with Crippen molar-refractivity contribution in [2.45, 2.75) is 20.0 Å². The number of ether oxygens (including phenoxy) is 1. The fraction of sp³-hybridized carbons (Fsp3) is 0.400. The van der Waals surface area contributed by atoms with Crippen LogP contribution < -0.4 is 16.0 Å². The highest BCUT2D eigenvalue weighted by Gasteiger charge is 2.27. The van der Waals surface area contributed by atoms with Crippen LogP contribution in [0.15, 0.2) is 24.3 Å². The van der Waals surface area contributed by atoms with Gasteiger partial charge in [-0.15, -0.1) is 11.3 Å². The van der Waals surface area contributed by atoms with Crippen molar-refractivity contribution in [3.05, 3.63) is 45.8 Å². The monoisotopic (exact) mass is 404 g/mol. The molecule has 1 aromatic heterocycles. The lowest BCUT2D eigenvalue weighted by molar-refractivity contribution is 0.0526. The minimum Gasteiger partial charge on any atom is -0.462 e. The van der Waals surface area contributed by atoms with Crippen LogP contribution in [0.1, 0.15) is 38.1 Å². The molecule has 0 fully saturated rings. The van der Waals surface area contributed by atoms with Crippen molar-refractivity contribution >= 4 is 33.9 Å². The van der Waals surface area contributed by atoms with Crippen LogP contribution in [-0.2, 0) is 17.8 Å². The first kappa shape index (κ1) is 21.7. The van der Waals surface area contributed by atoms with Crippen molar-refractivity contribution in [3.63, 3.8) is 0 Å². The molecular formula is C20H28N4O3S. The van der Waals surface area contributed by atoms with Crippen molar-refractivity contribution in [3.8, 4) is 0 Å². The molecule has 0 unspecified atom stereocenters. The highest BCUT2D eigenvalue weighted by molar-refractivity contribution is 7.18. The van der Waals surface area contributed by atoms with E-state index in [2.05, 4.69) is 29.6 Å². The quantitative estimate of drug-likeness (QED) is 0.658. The molecule has 152 valence electrons.